The zero-order valence-electron chi connectivity index (χ0n) is 11.2. The molecule has 1 saturated carbocycles. The first-order valence-electron chi connectivity index (χ1n) is 6.34. The van der Waals surface area contributed by atoms with Gasteiger partial charge in [-0.1, -0.05) is 0 Å². The first kappa shape index (κ1) is 14.3. The molecule has 106 valence electrons. The molecular formula is C13H20N2O3S. The highest BCUT2D eigenvalue weighted by Crippen LogP contribution is 2.27. The molecule has 1 aromatic rings. The van der Waals surface area contributed by atoms with Gasteiger partial charge >= 0.3 is 0 Å². The summed E-state index contributed by atoms with van der Waals surface area (Å²) in [6.45, 7) is 4.10. The second kappa shape index (κ2) is 5.11. The number of benzene rings is 1. The van der Waals surface area contributed by atoms with Crippen molar-refractivity contribution < 1.29 is 13.5 Å². The standard InChI is InChI=1S/C13H20N2O3S/c1-8-3-12(14)13(4-9(8)2)19(17,18)15-7-10-5-11(16)6-10/h3-4,10-11,15-16H,5-7,14H2,1-2H3. The number of nitrogens with two attached hydrogens (primary N) is 1. The van der Waals surface area contributed by atoms with Crippen molar-refractivity contribution in [2.75, 3.05) is 12.3 Å². The summed E-state index contributed by atoms with van der Waals surface area (Å²) >= 11 is 0. The maximum atomic E-state index is 12.2. The van der Waals surface area contributed by atoms with E-state index in [-0.39, 0.29) is 22.6 Å². The Bertz CT molecular complexity index is 578. The summed E-state index contributed by atoms with van der Waals surface area (Å²) in [5, 5.41) is 9.18. The molecule has 0 aliphatic heterocycles. The average Bonchev–Trinajstić information content (AvgIpc) is 2.27. The normalized spacial score (nSPS) is 23.1. The summed E-state index contributed by atoms with van der Waals surface area (Å²) in [5.41, 5.74) is 7.93. The third kappa shape index (κ3) is 3.08. The Morgan fingerprint density at radius 2 is 1.89 bits per heavy atom. The minimum Gasteiger partial charge on any atom is -0.398 e. The van der Waals surface area contributed by atoms with Gasteiger partial charge in [0, 0.05) is 6.54 Å². The Kier molecular flexibility index (Phi) is 3.85. The van der Waals surface area contributed by atoms with Crippen LogP contribution in [0, 0.1) is 19.8 Å². The zero-order chi connectivity index (χ0) is 14.2. The molecule has 19 heavy (non-hydrogen) atoms. The molecule has 0 spiro atoms. The van der Waals surface area contributed by atoms with Crippen LogP contribution in [0.15, 0.2) is 17.0 Å². The van der Waals surface area contributed by atoms with Crippen LogP contribution in [-0.2, 0) is 10.0 Å². The average molecular weight is 284 g/mol. The topological polar surface area (TPSA) is 92.4 Å². The lowest BCUT2D eigenvalue weighted by atomic mass is 9.83. The lowest BCUT2D eigenvalue weighted by Gasteiger charge is -2.31. The molecule has 6 heteroatoms. The van der Waals surface area contributed by atoms with E-state index in [2.05, 4.69) is 4.72 Å². The number of aryl methyl sites for hydroxylation is 2. The number of nitrogens with one attached hydrogen (secondary N) is 1. The fourth-order valence-electron chi connectivity index (χ4n) is 2.22. The number of nitrogen functional groups attached to an aromatic ring is 1. The van der Waals surface area contributed by atoms with Crippen LogP contribution in [0.5, 0.6) is 0 Å². The molecule has 2 rings (SSSR count). The van der Waals surface area contributed by atoms with Crippen molar-refractivity contribution in [2.24, 2.45) is 5.92 Å². The zero-order valence-corrected chi connectivity index (χ0v) is 12.0. The summed E-state index contributed by atoms with van der Waals surface area (Å²) in [6, 6.07) is 3.28. The van der Waals surface area contributed by atoms with Gasteiger partial charge in [-0.15, -0.1) is 0 Å². The lowest BCUT2D eigenvalue weighted by molar-refractivity contribution is 0.0453. The Hall–Kier alpha value is -1.11. The van der Waals surface area contributed by atoms with Gasteiger partial charge in [0.1, 0.15) is 4.90 Å². The van der Waals surface area contributed by atoms with E-state index in [0.29, 0.717) is 19.4 Å². The summed E-state index contributed by atoms with van der Waals surface area (Å²) in [5.74, 6) is 0.220. The summed E-state index contributed by atoms with van der Waals surface area (Å²) < 4.78 is 26.9. The number of rotatable bonds is 4. The number of aliphatic hydroxyl groups excluding tert-OH is 1. The van der Waals surface area contributed by atoms with Gasteiger partial charge in [0.2, 0.25) is 10.0 Å². The van der Waals surface area contributed by atoms with E-state index < -0.39 is 10.0 Å². The Morgan fingerprint density at radius 3 is 2.47 bits per heavy atom. The molecule has 0 bridgehead atoms. The SMILES string of the molecule is Cc1cc(N)c(S(=O)(=O)NCC2CC(O)C2)cc1C. The fourth-order valence-corrected chi connectivity index (χ4v) is 3.53. The van der Waals surface area contributed by atoms with Crippen molar-refractivity contribution in [3.63, 3.8) is 0 Å². The molecule has 1 fully saturated rings. The number of aliphatic hydroxyl groups is 1. The molecule has 5 nitrogen and oxygen atoms in total. The Labute approximate surface area is 113 Å². The van der Waals surface area contributed by atoms with E-state index >= 15 is 0 Å². The van der Waals surface area contributed by atoms with Crippen molar-refractivity contribution in [3.8, 4) is 0 Å². The highest BCUT2D eigenvalue weighted by molar-refractivity contribution is 7.89. The highest BCUT2D eigenvalue weighted by Gasteiger charge is 2.29. The van der Waals surface area contributed by atoms with Crippen molar-refractivity contribution >= 4 is 15.7 Å². The molecule has 0 unspecified atom stereocenters. The van der Waals surface area contributed by atoms with Gasteiger partial charge in [-0.2, -0.15) is 0 Å². The quantitative estimate of drug-likeness (QED) is 0.717. The number of anilines is 1. The van der Waals surface area contributed by atoms with Crippen LogP contribution in [0.1, 0.15) is 24.0 Å². The van der Waals surface area contributed by atoms with E-state index in [1.54, 1.807) is 12.1 Å². The van der Waals surface area contributed by atoms with Gasteiger partial charge in [-0.05, 0) is 55.9 Å². The molecular weight excluding hydrogens is 264 g/mol. The molecule has 4 N–H and O–H groups in total. The summed E-state index contributed by atoms with van der Waals surface area (Å²) in [6.07, 6.45) is 1.04. The second-order valence-electron chi connectivity index (χ2n) is 5.32. The monoisotopic (exact) mass is 284 g/mol. The van der Waals surface area contributed by atoms with Crippen LogP contribution in [0.25, 0.3) is 0 Å². The van der Waals surface area contributed by atoms with E-state index in [9.17, 15) is 13.5 Å². The van der Waals surface area contributed by atoms with Crippen LogP contribution in [0.2, 0.25) is 0 Å². The number of hydrogen-bond acceptors (Lipinski definition) is 4. The second-order valence-corrected chi connectivity index (χ2v) is 7.05. The fraction of sp³-hybridized carbons (Fsp3) is 0.538. The first-order chi connectivity index (χ1) is 8.79. The van der Waals surface area contributed by atoms with Crippen LogP contribution < -0.4 is 10.5 Å². The van der Waals surface area contributed by atoms with Gasteiger partial charge in [0.05, 0.1) is 11.8 Å². The van der Waals surface area contributed by atoms with Gasteiger partial charge in [-0.25, -0.2) is 13.1 Å². The van der Waals surface area contributed by atoms with Crippen molar-refractivity contribution in [3.05, 3.63) is 23.3 Å². The number of hydrogen-bond donors (Lipinski definition) is 3. The molecule has 1 aliphatic carbocycles. The number of sulfonamides is 1. The molecule has 1 aliphatic rings. The molecule has 0 atom stereocenters. The van der Waals surface area contributed by atoms with Crippen molar-refractivity contribution in [1.82, 2.24) is 4.72 Å². The Morgan fingerprint density at radius 1 is 1.32 bits per heavy atom. The van der Waals surface area contributed by atoms with Gasteiger partial charge < -0.3 is 10.8 Å². The molecule has 0 radical (unpaired) electrons. The summed E-state index contributed by atoms with van der Waals surface area (Å²) in [4.78, 5) is 0.135. The third-order valence-corrected chi connectivity index (χ3v) is 5.17. The predicted molar refractivity (Wildman–Crippen MR) is 74.2 cm³/mol. The van der Waals surface area contributed by atoms with Crippen molar-refractivity contribution in [1.29, 1.82) is 0 Å². The maximum absolute atomic E-state index is 12.2. The predicted octanol–water partition coefficient (Wildman–Crippen LogP) is 0.935. The largest absolute Gasteiger partial charge is 0.398 e. The molecule has 0 amide bonds. The van der Waals surface area contributed by atoms with Crippen LogP contribution in [0.4, 0.5) is 5.69 Å². The van der Waals surface area contributed by atoms with E-state index in [1.807, 2.05) is 13.8 Å². The third-order valence-electron chi connectivity index (χ3n) is 3.69. The lowest BCUT2D eigenvalue weighted by Crippen LogP contribution is -2.38. The van der Waals surface area contributed by atoms with Gasteiger partial charge in [-0.3, -0.25) is 0 Å². The van der Waals surface area contributed by atoms with Crippen LogP contribution in [-0.4, -0.2) is 26.2 Å². The van der Waals surface area contributed by atoms with Crippen molar-refractivity contribution in [2.45, 2.75) is 37.7 Å². The highest BCUT2D eigenvalue weighted by atomic mass is 32.2. The molecule has 0 heterocycles. The van der Waals surface area contributed by atoms with E-state index in [4.69, 9.17) is 5.73 Å². The molecule has 0 saturated heterocycles. The van der Waals surface area contributed by atoms with Gasteiger partial charge in [0.25, 0.3) is 0 Å². The summed E-state index contributed by atoms with van der Waals surface area (Å²) in [7, 11) is -3.58. The Balaban J connectivity index is 2.13. The van der Waals surface area contributed by atoms with Gasteiger partial charge in [0.15, 0.2) is 0 Å². The van der Waals surface area contributed by atoms with E-state index in [1.165, 1.54) is 0 Å². The maximum Gasteiger partial charge on any atom is 0.242 e. The minimum absolute atomic E-state index is 0.135. The van der Waals surface area contributed by atoms with Crippen LogP contribution >= 0.6 is 0 Å². The molecule has 1 aromatic carbocycles. The smallest absolute Gasteiger partial charge is 0.242 e. The van der Waals surface area contributed by atoms with E-state index in [0.717, 1.165) is 11.1 Å². The first-order valence-corrected chi connectivity index (χ1v) is 7.82. The minimum atomic E-state index is -3.58. The molecule has 0 aromatic heterocycles. The van der Waals surface area contributed by atoms with Crippen LogP contribution in [0.3, 0.4) is 0 Å².